The summed E-state index contributed by atoms with van der Waals surface area (Å²) in [6.07, 6.45) is 1.10. The molecule has 0 radical (unpaired) electrons. The molecule has 2 aliphatic heterocycles. The summed E-state index contributed by atoms with van der Waals surface area (Å²) >= 11 is 1.78. The van der Waals surface area contributed by atoms with Gasteiger partial charge in [0, 0.05) is 23.1 Å². The topological polar surface area (TPSA) is 79.0 Å². The Bertz CT molecular complexity index is 931. The number of hydrazone groups is 1. The number of fused-ring (bicyclic) bond motifs is 1. The van der Waals surface area contributed by atoms with Gasteiger partial charge < -0.3 is 10.6 Å². The second-order valence-corrected chi connectivity index (χ2v) is 8.47. The van der Waals surface area contributed by atoms with E-state index in [1.807, 2.05) is 54.6 Å². The maximum atomic E-state index is 13.4. The van der Waals surface area contributed by atoms with E-state index in [0.717, 1.165) is 22.7 Å². The predicted octanol–water partition coefficient (Wildman–Crippen LogP) is 3.02. The van der Waals surface area contributed by atoms with Gasteiger partial charge >= 0.3 is 0 Å². The molecule has 0 spiro atoms. The Labute approximate surface area is 168 Å². The van der Waals surface area contributed by atoms with Crippen LogP contribution in [0, 0.1) is 0 Å². The van der Waals surface area contributed by atoms with Crippen LogP contribution in [-0.4, -0.2) is 35.4 Å². The van der Waals surface area contributed by atoms with Gasteiger partial charge in [0.1, 0.15) is 11.8 Å². The van der Waals surface area contributed by atoms with Crippen molar-refractivity contribution < 1.29 is 9.59 Å². The first kappa shape index (κ1) is 18.6. The van der Waals surface area contributed by atoms with E-state index in [1.54, 1.807) is 21.7 Å². The molecule has 2 heterocycles. The lowest BCUT2D eigenvalue weighted by Crippen LogP contribution is -2.40. The number of nitrogens with two attached hydrogens (primary N) is 1. The molecular formula is C21H22N4O2S. The Kier molecular flexibility index (Phi) is 5.09. The van der Waals surface area contributed by atoms with E-state index in [1.165, 1.54) is 0 Å². The van der Waals surface area contributed by atoms with E-state index in [0.29, 0.717) is 17.5 Å². The highest BCUT2D eigenvalue weighted by molar-refractivity contribution is 8.00. The summed E-state index contributed by atoms with van der Waals surface area (Å²) in [5.41, 5.74) is 7.61. The third-order valence-electron chi connectivity index (χ3n) is 4.99. The number of hydrogen-bond donors (Lipinski definition) is 1. The molecular weight excluding hydrogens is 372 g/mol. The third kappa shape index (κ3) is 3.49. The summed E-state index contributed by atoms with van der Waals surface area (Å²) in [5, 5.41) is 6.50. The van der Waals surface area contributed by atoms with Gasteiger partial charge in [-0.3, -0.25) is 14.6 Å². The smallest absolute Gasteiger partial charge is 0.274 e. The maximum Gasteiger partial charge on any atom is 0.274 e. The fourth-order valence-corrected chi connectivity index (χ4v) is 4.65. The first-order valence-electron chi connectivity index (χ1n) is 9.33. The Morgan fingerprint density at radius 3 is 2.57 bits per heavy atom. The molecule has 28 heavy (non-hydrogen) atoms. The number of benzene rings is 2. The summed E-state index contributed by atoms with van der Waals surface area (Å²) < 4.78 is 0. The van der Waals surface area contributed by atoms with Crippen LogP contribution in [-0.2, 0) is 9.59 Å². The quantitative estimate of drug-likeness (QED) is 0.868. The van der Waals surface area contributed by atoms with Gasteiger partial charge in [-0.05, 0) is 30.7 Å². The van der Waals surface area contributed by atoms with Crippen molar-refractivity contribution in [2.75, 3.05) is 16.5 Å². The van der Waals surface area contributed by atoms with Gasteiger partial charge in [-0.1, -0.05) is 37.3 Å². The number of carbonyl (C=O) groups excluding carboxylic acids is 2. The summed E-state index contributed by atoms with van der Waals surface area (Å²) in [6.45, 7) is 2.79. The predicted molar refractivity (Wildman–Crippen MR) is 113 cm³/mol. The molecule has 2 unspecified atom stereocenters. The van der Waals surface area contributed by atoms with Crippen molar-refractivity contribution in [2.45, 2.75) is 36.0 Å². The summed E-state index contributed by atoms with van der Waals surface area (Å²) in [5.74, 6) is -0.650. The number of carbonyl (C=O) groups is 2. The highest BCUT2D eigenvalue weighted by Crippen LogP contribution is 2.38. The summed E-state index contributed by atoms with van der Waals surface area (Å²) in [6, 6.07) is 16.6. The van der Waals surface area contributed by atoms with Crippen LogP contribution in [0.2, 0.25) is 0 Å². The van der Waals surface area contributed by atoms with Gasteiger partial charge in [0.15, 0.2) is 0 Å². The van der Waals surface area contributed by atoms with Crippen LogP contribution < -0.4 is 15.6 Å². The Hall–Kier alpha value is -2.80. The largest absolute Gasteiger partial charge is 0.368 e. The molecule has 0 aromatic heterocycles. The fourth-order valence-electron chi connectivity index (χ4n) is 3.53. The van der Waals surface area contributed by atoms with Gasteiger partial charge in [0.05, 0.1) is 11.4 Å². The first-order valence-corrected chi connectivity index (χ1v) is 10.2. The van der Waals surface area contributed by atoms with Crippen LogP contribution in [0.5, 0.6) is 0 Å². The zero-order valence-corrected chi connectivity index (χ0v) is 16.4. The van der Waals surface area contributed by atoms with Crippen LogP contribution in [0.1, 0.15) is 19.8 Å². The second kappa shape index (κ2) is 7.67. The van der Waals surface area contributed by atoms with Gasteiger partial charge in [-0.15, -0.1) is 11.8 Å². The minimum Gasteiger partial charge on any atom is -0.368 e. The molecule has 2 aromatic rings. The van der Waals surface area contributed by atoms with Crippen molar-refractivity contribution in [3.05, 3.63) is 54.6 Å². The first-order chi connectivity index (χ1) is 13.5. The van der Waals surface area contributed by atoms with Crippen molar-refractivity contribution in [2.24, 2.45) is 10.8 Å². The van der Waals surface area contributed by atoms with Crippen LogP contribution >= 0.6 is 11.8 Å². The number of rotatable bonds is 3. The molecule has 144 valence electrons. The molecule has 2 aromatic carbocycles. The molecule has 4 rings (SSSR count). The van der Waals surface area contributed by atoms with Gasteiger partial charge in [-0.25, -0.2) is 0 Å². The third-order valence-corrected chi connectivity index (χ3v) is 6.23. The molecule has 0 saturated heterocycles. The van der Waals surface area contributed by atoms with Gasteiger partial charge in [0.25, 0.3) is 5.91 Å². The average molecular weight is 395 g/mol. The lowest BCUT2D eigenvalue weighted by atomic mass is 10.1. The van der Waals surface area contributed by atoms with Crippen molar-refractivity contribution in [3.8, 4) is 0 Å². The van der Waals surface area contributed by atoms with Crippen molar-refractivity contribution in [1.82, 2.24) is 0 Å². The summed E-state index contributed by atoms with van der Waals surface area (Å²) in [4.78, 5) is 28.3. The minimum absolute atomic E-state index is 0.160. The van der Waals surface area contributed by atoms with Crippen molar-refractivity contribution in [1.29, 1.82) is 0 Å². The van der Waals surface area contributed by atoms with Crippen LogP contribution in [0.15, 0.2) is 64.6 Å². The molecule has 2 amide bonds. The maximum absolute atomic E-state index is 13.4. The molecule has 2 aliphatic rings. The molecule has 0 aliphatic carbocycles. The molecule has 0 bridgehead atoms. The van der Waals surface area contributed by atoms with Crippen LogP contribution in [0.3, 0.4) is 0 Å². The zero-order chi connectivity index (χ0) is 19.7. The average Bonchev–Trinajstić information content (AvgIpc) is 3.08. The monoisotopic (exact) mass is 394 g/mol. The number of anilines is 2. The lowest BCUT2D eigenvalue weighted by molar-refractivity contribution is -0.119. The van der Waals surface area contributed by atoms with Crippen molar-refractivity contribution in [3.63, 3.8) is 0 Å². The standard InChI is InChI=1S/C21H22N4O2S/c1-14-11-12-24(17-9-5-6-10-19(17)28-14)21(27)16-13-18(20(22)26)25(23-16)15-7-3-2-4-8-15/h2-10,14,18H,11-13H2,1H3,(H2,22,26). The van der Waals surface area contributed by atoms with E-state index < -0.39 is 11.9 Å². The Balaban J connectivity index is 1.67. The van der Waals surface area contributed by atoms with E-state index in [9.17, 15) is 9.59 Å². The molecule has 0 saturated carbocycles. The Morgan fingerprint density at radius 1 is 1.11 bits per heavy atom. The van der Waals surface area contributed by atoms with E-state index in [2.05, 4.69) is 12.0 Å². The number of primary amides is 1. The lowest BCUT2D eigenvalue weighted by Gasteiger charge is -2.22. The van der Waals surface area contributed by atoms with Gasteiger partial charge in [0.2, 0.25) is 5.91 Å². The number of para-hydroxylation sites is 2. The number of thioether (sulfide) groups is 1. The second-order valence-electron chi connectivity index (χ2n) is 6.99. The highest BCUT2D eigenvalue weighted by Gasteiger charge is 2.37. The fraction of sp³-hybridized carbons (Fsp3) is 0.286. The van der Waals surface area contributed by atoms with Crippen LogP contribution in [0.4, 0.5) is 11.4 Å². The van der Waals surface area contributed by atoms with E-state index >= 15 is 0 Å². The Morgan fingerprint density at radius 2 is 1.82 bits per heavy atom. The molecule has 0 fully saturated rings. The zero-order valence-electron chi connectivity index (χ0n) is 15.6. The minimum atomic E-state index is -0.656. The number of amides is 2. The molecule has 2 atom stereocenters. The van der Waals surface area contributed by atoms with E-state index in [4.69, 9.17) is 5.73 Å². The van der Waals surface area contributed by atoms with E-state index in [-0.39, 0.29) is 12.3 Å². The number of hydrogen-bond acceptors (Lipinski definition) is 5. The van der Waals surface area contributed by atoms with Crippen molar-refractivity contribution >= 4 is 40.7 Å². The SMILES string of the molecule is CC1CCN(C(=O)C2=NN(c3ccccc3)C(C(N)=O)C2)c2ccccc2S1. The molecule has 7 heteroatoms. The number of nitrogens with zero attached hydrogens (tertiary/aromatic N) is 3. The summed E-state index contributed by atoms with van der Waals surface area (Å²) in [7, 11) is 0. The highest BCUT2D eigenvalue weighted by atomic mass is 32.2. The molecule has 6 nitrogen and oxygen atoms in total. The normalized spacial score (nSPS) is 21.7. The van der Waals surface area contributed by atoms with Gasteiger partial charge in [-0.2, -0.15) is 5.10 Å². The van der Waals surface area contributed by atoms with Crippen LogP contribution in [0.25, 0.3) is 0 Å². The molecule has 2 N–H and O–H groups in total.